The Hall–Kier alpha value is -3.46. The van der Waals surface area contributed by atoms with E-state index >= 15 is 0 Å². The number of rotatable bonds is 7. The van der Waals surface area contributed by atoms with E-state index in [0.717, 1.165) is 61.6 Å². The van der Waals surface area contributed by atoms with Crippen molar-refractivity contribution in [2.24, 2.45) is 11.7 Å². The van der Waals surface area contributed by atoms with Crippen LogP contribution in [0.3, 0.4) is 0 Å². The number of nitrogens with zero attached hydrogens (tertiary/aromatic N) is 6. The standard InChI is InChI=1S/C25H31N7O2/c1-2-21-12-28-23(13-27-21)30-7-9-31(10-8-30)24(33)17-29-14-18(15-29)16-32-6-5-19-3-4-20(25(26)34)11-22(19)32/h3-6,11-13,18H,2,7-10,14-17H2,1H3,(H2,26,34). The molecule has 5 rings (SSSR count). The van der Waals surface area contributed by atoms with Gasteiger partial charge in [0.2, 0.25) is 11.8 Å². The van der Waals surface area contributed by atoms with Crippen LogP contribution in [0.2, 0.25) is 0 Å². The monoisotopic (exact) mass is 461 g/mol. The molecule has 2 N–H and O–H groups in total. The summed E-state index contributed by atoms with van der Waals surface area (Å²) < 4.78 is 2.18. The largest absolute Gasteiger partial charge is 0.366 e. The Bertz CT molecular complexity index is 1180. The SMILES string of the molecule is CCc1cnc(N2CCN(C(=O)CN3CC(Cn4ccc5ccc(C(N)=O)cc54)C3)CC2)cn1. The minimum atomic E-state index is -0.411. The van der Waals surface area contributed by atoms with Gasteiger partial charge in [0.1, 0.15) is 5.82 Å². The van der Waals surface area contributed by atoms with Crippen molar-refractivity contribution < 1.29 is 9.59 Å². The summed E-state index contributed by atoms with van der Waals surface area (Å²) in [7, 11) is 0. The van der Waals surface area contributed by atoms with Crippen LogP contribution < -0.4 is 10.6 Å². The van der Waals surface area contributed by atoms with E-state index in [9.17, 15) is 9.59 Å². The highest BCUT2D eigenvalue weighted by Gasteiger charge is 2.31. The lowest BCUT2D eigenvalue weighted by atomic mass is 10.00. The Morgan fingerprint density at radius 2 is 1.85 bits per heavy atom. The molecule has 0 atom stereocenters. The number of likely N-dealkylation sites (tertiary alicyclic amines) is 1. The zero-order valence-electron chi connectivity index (χ0n) is 19.6. The number of piperazine rings is 1. The Morgan fingerprint density at radius 1 is 1.06 bits per heavy atom. The van der Waals surface area contributed by atoms with Crippen LogP contribution in [0.25, 0.3) is 10.9 Å². The predicted octanol–water partition coefficient (Wildman–Crippen LogP) is 1.37. The zero-order chi connectivity index (χ0) is 23.7. The van der Waals surface area contributed by atoms with Crippen LogP contribution in [-0.2, 0) is 17.8 Å². The molecule has 4 heterocycles. The fraction of sp³-hybridized carbons (Fsp3) is 0.440. The summed E-state index contributed by atoms with van der Waals surface area (Å²) in [6, 6.07) is 7.62. The fourth-order valence-corrected chi connectivity index (χ4v) is 4.87. The predicted molar refractivity (Wildman–Crippen MR) is 131 cm³/mol. The summed E-state index contributed by atoms with van der Waals surface area (Å²) >= 11 is 0. The second-order valence-electron chi connectivity index (χ2n) is 9.25. The lowest BCUT2D eigenvalue weighted by molar-refractivity contribution is -0.134. The molecule has 178 valence electrons. The maximum Gasteiger partial charge on any atom is 0.248 e. The molecule has 0 radical (unpaired) electrons. The van der Waals surface area contributed by atoms with Crippen molar-refractivity contribution in [3.05, 3.63) is 54.1 Å². The maximum atomic E-state index is 12.8. The van der Waals surface area contributed by atoms with Crippen LogP contribution in [0, 0.1) is 5.92 Å². The second kappa shape index (κ2) is 9.42. The van der Waals surface area contributed by atoms with Gasteiger partial charge in [-0.3, -0.25) is 19.5 Å². The summed E-state index contributed by atoms with van der Waals surface area (Å²) in [4.78, 5) is 39.7. The Labute approximate surface area is 199 Å². The van der Waals surface area contributed by atoms with E-state index in [4.69, 9.17) is 5.73 Å². The number of primary amides is 1. The van der Waals surface area contributed by atoms with Crippen molar-refractivity contribution in [2.45, 2.75) is 19.9 Å². The van der Waals surface area contributed by atoms with Crippen LogP contribution in [0.15, 0.2) is 42.9 Å². The summed E-state index contributed by atoms with van der Waals surface area (Å²) in [5.74, 6) is 1.16. The number of aryl methyl sites for hydroxylation is 1. The molecule has 0 unspecified atom stereocenters. The van der Waals surface area contributed by atoms with Crippen molar-refractivity contribution in [1.29, 1.82) is 0 Å². The smallest absolute Gasteiger partial charge is 0.248 e. The van der Waals surface area contributed by atoms with Crippen LogP contribution >= 0.6 is 0 Å². The van der Waals surface area contributed by atoms with Crippen LogP contribution in [0.4, 0.5) is 5.82 Å². The summed E-state index contributed by atoms with van der Waals surface area (Å²) in [5, 5.41) is 1.10. The van der Waals surface area contributed by atoms with Gasteiger partial charge in [-0.1, -0.05) is 13.0 Å². The van der Waals surface area contributed by atoms with Gasteiger partial charge in [-0.05, 0) is 30.0 Å². The van der Waals surface area contributed by atoms with E-state index < -0.39 is 5.91 Å². The molecule has 1 aromatic carbocycles. The van der Waals surface area contributed by atoms with Gasteiger partial charge in [0, 0.05) is 69.0 Å². The molecule has 0 saturated carbocycles. The lowest BCUT2D eigenvalue weighted by Crippen LogP contribution is -2.55. The van der Waals surface area contributed by atoms with Gasteiger partial charge in [0.05, 0.1) is 24.6 Å². The number of benzene rings is 1. The van der Waals surface area contributed by atoms with Crippen molar-refractivity contribution in [1.82, 2.24) is 24.3 Å². The third-order valence-corrected chi connectivity index (χ3v) is 6.92. The molecular formula is C25H31N7O2. The topological polar surface area (TPSA) is 101 Å². The number of fused-ring (bicyclic) bond motifs is 1. The van der Waals surface area contributed by atoms with E-state index in [2.05, 4.69) is 43.5 Å². The Kier molecular flexibility index (Phi) is 6.19. The molecular weight excluding hydrogens is 430 g/mol. The Morgan fingerprint density at radius 3 is 2.53 bits per heavy atom. The zero-order valence-corrected chi connectivity index (χ0v) is 19.6. The molecule has 2 amide bonds. The highest BCUT2D eigenvalue weighted by Crippen LogP contribution is 2.23. The first kappa shape index (κ1) is 22.3. The van der Waals surface area contributed by atoms with Crippen molar-refractivity contribution in [3.8, 4) is 0 Å². The van der Waals surface area contributed by atoms with Gasteiger partial charge < -0.3 is 20.1 Å². The third-order valence-electron chi connectivity index (χ3n) is 6.92. The van der Waals surface area contributed by atoms with E-state index in [1.54, 1.807) is 6.07 Å². The average molecular weight is 462 g/mol. The van der Waals surface area contributed by atoms with Gasteiger partial charge in [-0.15, -0.1) is 0 Å². The summed E-state index contributed by atoms with van der Waals surface area (Å²) in [5.41, 5.74) is 7.98. The van der Waals surface area contributed by atoms with E-state index in [-0.39, 0.29) is 5.91 Å². The quantitative estimate of drug-likeness (QED) is 0.571. The van der Waals surface area contributed by atoms with Gasteiger partial charge in [-0.25, -0.2) is 4.98 Å². The number of hydrogen-bond donors (Lipinski definition) is 1. The number of aromatic nitrogens is 3. The molecule has 2 aliphatic rings. The van der Waals surface area contributed by atoms with Crippen LogP contribution in [-0.4, -0.2) is 82.0 Å². The summed E-state index contributed by atoms with van der Waals surface area (Å²) in [6.07, 6.45) is 6.60. The first-order chi connectivity index (χ1) is 16.5. The van der Waals surface area contributed by atoms with E-state index in [0.29, 0.717) is 31.1 Å². The molecule has 2 saturated heterocycles. The number of hydrogen-bond acceptors (Lipinski definition) is 6. The number of carbonyl (C=O) groups is 2. The van der Waals surface area contributed by atoms with E-state index in [1.807, 2.05) is 29.4 Å². The molecule has 0 bridgehead atoms. The van der Waals surface area contributed by atoms with Crippen molar-refractivity contribution >= 4 is 28.5 Å². The lowest BCUT2D eigenvalue weighted by Gasteiger charge is -2.41. The number of amides is 2. The molecule has 2 aliphatic heterocycles. The molecule has 3 aromatic rings. The molecule has 0 spiro atoms. The molecule has 2 aromatic heterocycles. The average Bonchev–Trinajstić information content (AvgIpc) is 3.24. The van der Waals surface area contributed by atoms with E-state index in [1.165, 1.54) is 0 Å². The highest BCUT2D eigenvalue weighted by atomic mass is 16.2. The number of anilines is 1. The number of nitrogens with two attached hydrogens (primary N) is 1. The normalized spacial score (nSPS) is 17.2. The maximum absolute atomic E-state index is 12.8. The van der Waals surface area contributed by atoms with Gasteiger partial charge in [0.25, 0.3) is 0 Å². The Balaban J connectivity index is 1.08. The summed E-state index contributed by atoms with van der Waals surface area (Å²) in [6.45, 7) is 8.20. The van der Waals surface area contributed by atoms with Crippen molar-refractivity contribution in [2.75, 3.05) is 50.7 Å². The van der Waals surface area contributed by atoms with Gasteiger partial charge in [-0.2, -0.15) is 0 Å². The molecule has 2 fully saturated rings. The molecule has 9 heteroatoms. The molecule has 9 nitrogen and oxygen atoms in total. The van der Waals surface area contributed by atoms with Crippen LogP contribution in [0.5, 0.6) is 0 Å². The first-order valence-corrected chi connectivity index (χ1v) is 11.9. The van der Waals surface area contributed by atoms with Crippen LogP contribution in [0.1, 0.15) is 23.0 Å². The number of carbonyl (C=O) groups excluding carboxylic acids is 2. The van der Waals surface area contributed by atoms with Gasteiger partial charge in [0.15, 0.2) is 0 Å². The van der Waals surface area contributed by atoms with Gasteiger partial charge >= 0.3 is 0 Å². The van der Waals surface area contributed by atoms with Crippen molar-refractivity contribution in [3.63, 3.8) is 0 Å². The third kappa shape index (κ3) is 4.61. The molecule has 0 aliphatic carbocycles. The minimum Gasteiger partial charge on any atom is -0.366 e. The second-order valence-corrected chi connectivity index (χ2v) is 9.25. The fourth-order valence-electron chi connectivity index (χ4n) is 4.87. The first-order valence-electron chi connectivity index (χ1n) is 11.9. The highest BCUT2D eigenvalue weighted by molar-refractivity contribution is 5.97. The molecule has 34 heavy (non-hydrogen) atoms. The minimum absolute atomic E-state index is 0.197.